The van der Waals surface area contributed by atoms with E-state index in [0.29, 0.717) is 6.04 Å². The van der Waals surface area contributed by atoms with Crippen LogP contribution in [-0.4, -0.2) is 27.5 Å². The van der Waals surface area contributed by atoms with Gasteiger partial charge in [-0.25, -0.2) is 9.97 Å². The lowest BCUT2D eigenvalue weighted by atomic mass is 10.1. The molecule has 0 unspecified atom stereocenters. The van der Waals surface area contributed by atoms with Crippen molar-refractivity contribution in [3.05, 3.63) is 17.8 Å². The molecule has 3 rings (SSSR count). The van der Waals surface area contributed by atoms with Gasteiger partial charge < -0.3 is 5.32 Å². The third-order valence-electron chi connectivity index (χ3n) is 2.81. The van der Waals surface area contributed by atoms with E-state index in [1.54, 1.807) is 17.7 Å². The Bertz CT molecular complexity index is 477. The number of thiophene rings is 1. The maximum Gasteiger partial charge on any atom is 0.147 e. The van der Waals surface area contributed by atoms with Crippen molar-refractivity contribution in [1.82, 2.24) is 9.97 Å². The molecule has 3 nitrogen and oxygen atoms in total. The molecule has 1 saturated heterocycles. The minimum Gasteiger partial charge on any atom is -0.366 e. The van der Waals surface area contributed by atoms with Crippen LogP contribution in [0.25, 0.3) is 10.2 Å². The summed E-state index contributed by atoms with van der Waals surface area (Å²) < 4.78 is 1.18. The Balaban J connectivity index is 1.85. The van der Waals surface area contributed by atoms with Crippen molar-refractivity contribution in [2.75, 3.05) is 16.8 Å². The summed E-state index contributed by atoms with van der Waals surface area (Å²) in [5, 5.41) is 5.63. The first-order chi connectivity index (χ1) is 7.93. The highest BCUT2D eigenvalue weighted by atomic mass is 32.2. The van der Waals surface area contributed by atoms with Crippen molar-refractivity contribution in [3.63, 3.8) is 0 Å². The van der Waals surface area contributed by atoms with Gasteiger partial charge in [0.05, 0.1) is 10.2 Å². The molecule has 2 aromatic rings. The largest absolute Gasteiger partial charge is 0.366 e. The van der Waals surface area contributed by atoms with E-state index in [0.717, 1.165) is 11.3 Å². The summed E-state index contributed by atoms with van der Waals surface area (Å²) >= 11 is 3.75. The van der Waals surface area contributed by atoms with Crippen LogP contribution in [0, 0.1) is 0 Å². The fourth-order valence-electron chi connectivity index (χ4n) is 1.93. The van der Waals surface area contributed by atoms with Gasteiger partial charge in [0.2, 0.25) is 0 Å². The number of rotatable bonds is 2. The van der Waals surface area contributed by atoms with Crippen molar-refractivity contribution in [2.45, 2.75) is 18.9 Å². The summed E-state index contributed by atoms with van der Waals surface area (Å²) in [7, 11) is 0. The van der Waals surface area contributed by atoms with Crippen LogP contribution >= 0.6 is 23.1 Å². The average Bonchev–Trinajstić information content (AvgIpc) is 2.80. The van der Waals surface area contributed by atoms with Gasteiger partial charge in [-0.15, -0.1) is 11.3 Å². The van der Waals surface area contributed by atoms with E-state index in [-0.39, 0.29) is 0 Å². The quantitative estimate of drug-likeness (QED) is 0.890. The van der Waals surface area contributed by atoms with Crippen LogP contribution in [-0.2, 0) is 0 Å². The minimum absolute atomic E-state index is 0.585. The zero-order valence-electron chi connectivity index (χ0n) is 8.85. The Labute approximate surface area is 103 Å². The summed E-state index contributed by atoms with van der Waals surface area (Å²) in [5.74, 6) is 3.53. The molecule has 0 atom stereocenters. The third-order valence-corrected chi connectivity index (χ3v) is 4.76. The second kappa shape index (κ2) is 4.59. The van der Waals surface area contributed by atoms with Crippen LogP contribution < -0.4 is 5.32 Å². The molecule has 2 aromatic heterocycles. The Morgan fingerprint density at radius 3 is 3.00 bits per heavy atom. The molecule has 0 spiro atoms. The first-order valence-corrected chi connectivity index (χ1v) is 7.49. The van der Waals surface area contributed by atoms with E-state index >= 15 is 0 Å². The number of anilines is 1. The number of hydrogen-bond donors (Lipinski definition) is 1. The van der Waals surface area contributed by atoms with Gasteiger partial charge >= 0.3 is 0 Å². The summed E-state index contributed by atoms with van der Waals surface area (Å²) in [5.41, 5.74) is 1.05. The molecular weight excluding hydrogens is 238 g/mol. The molecule has 0 saturated carbocycles. The summed E-state index contributed by atoms with van der Waals surface area (Å²) in [4.78, 5) is 8.60. The fourth-order valence-corrected chi connectivity index (χ4v) is 3.83. The number of hydrogen-bond acceptors (Lipinski definition) is 5. The van der Waals surface area contributed by atoms with Crippen molar-refractivity contribution in [3.8, 4) is 0 Å². The number of aromatic nitrogens is 2. The van der Waals surface area contributed by atoms with E-state index in [2.05, 4.69) is 20.7 Å². The molecule has 1 aliphatic heterocycles. The van der Waals surface area contributed by atoms with E-state index < -0.39 is 0 Å². The van der Waals surface area contributed by atoms with E-state index in [1.807, 2.05) is 17.8 Å². The Morgan fingerprint density at radius 2 is 2.12 bits per heavy atom. The van der Waals surface area contributed by atoms with Crippen LogP contribution in [0.15, 0.2) is 17.8 Å². The second-order valence-electron chi connectivity index (χ2n) is 3.89. The van der Waals surface area contributed by atoms with Crippen LogP contribution in [0.1, 0.15) is 12.8 Å². The molecule has 0 radical (unpaired) electrons. The fraction of sp³-hybridized carbons (Fsp3) is 0.455. The normalized spacial score (nSPS) is 17.8. The molecule has 0 amide bonds. The lowest BCUT2D eigenvalue weighted by molar-refractivity contribution is 0.664. The van der Waals surface area contributed by atoms with Gasteiger partial charge in [-0.05, 0) is 35.8 Å². The summed E-state index contributed by atoms with van der Waals surface area (Å²) in [6.45, 7) is 0. The highest BCUT2D eigenvalue weighted by Crippen LogP contribution is 2.27. The van der Waals surface area contributed by atoms with Gasteiger partial charge in [0.1, 0.15) is 12.1 Å². The summed E-state index contributed by atoms with van der Waals surface area (Å²) in [6, 6.07) is 2.63. The first-order valence-electron chi connectivity index (χ1n) is 5.46. The van der Waals surface area contributed by atoms with Crippen LogP contribution in [0.4, 0.5) is 5.82 Å². The Kier molecular flexibility index (Phi) is 2.97. The van der Waals surface area contributed by atoms with Crippen molar-refractivity contribution >= 4 is 39.1 Å². The smallest absolute Gasteiger partial charge is 0.147 e. The highest BCUT2D eigenvalue weighted by Gasteiger charge is 2.15. The number of thioether (sulfide) groups is 1. The van der Waals surface area contributed by atoms with Gasteiger partial charge in [0.25, 0.3) is 0 Å². The molecule has 0 aliphatic carbocycles. The molecule has 0 bridgehead atoms. The maximum absolute atomic E-state index is 4.35. The SMILES string of the molecule is c1nc(NC2CCSCC2)c2sccc2n1. The number of nitrogens with one attached hydrogen (secondary N) is 1. The lowest BCUT2D eigenvalue weighted by Crippen LogP contribution is -2.24. The van der Waals surface area contributed by atoms with Crippen LogP contribution in [0.5, 0.6) is 0 Å². The molecule has 1 aliphatic rings. The Morgan fingerprint density at radius 1 is 1.25 bits per heavy atom. The van der Waals surface area contributed by atoms with Crippen molar-refractivity contribution in [2.24, 2.45) is 0 Å². The minimum atomic E-state index is 0.585. The Hall–Kier alpha value is -0.810. The predicted molar refractivity (Wildman–Crippen MR) is 71.4 cm³/mol. The first kappa shape index (κ1) is 10.4. The van der Waals surface area contributed by atoms with Crippen molar-refractivity contribution < 1.29 is 0 Å². The topological polar surface area (TPSA) is 37.8 Å². The molecule has 5 heteroatoms. The predicted octanol–water partition coefficient (Wildman–Crippen LogP) is 3.00. The van der Waals surface area contributed by atoms with Crippen molar-refractivity contribution in [1.29, 1.82) is 0 Å². The average molecular weight is 251 g/mol. The lowest BCUT2D eigenvalue weighted by Gasteiger charge is -2.23. The van der Waals surface area contributed by atoms with Crippen LogP contribution in [0.2, 0.25) is 0 Å². The zero-order chi connectivity index (χ0) is 10.8. The molecule has 84 valence electrons. The van der Waals surface area contributed by atoms with Crippen LogP contribution in [0.3, 0.4) is 0 Å². The molecule has 1 fully saturated rings. The second-order valence-corrected chi connectivity index (χ2v) is 6.03. The molecule has 0 aromatic carbocycles. The van der Waals surface area contributed by atoms with E-state index in [1.165, 1.54) is 29.0 Å². The van der Waals surface area contributed by atoms with Gasteiger partial charge in [-0.3, -0.25) is 0 Å². The molecule has 1 N–H and O–H groups in total. The van der Waals surface area contributed by atoms with Gasteiger partial charge in [0, 0.05) is 6.04 Å². The zero-order valence-corrected chi connectivity index (χ0v) is 10.5. The van der Waals surface area contributed by atoms with E-state index in [4.69, 9.17) is 0 Å². The molecule has 3 heterocycles. The molecular formula is C11H13N3S2. The maximum atomic E-state index is 4.35. The monoisotopic (exact) mass is 251 g/mol. The number of nitrogens with zero attached hydrogens (tertiary/aromatic N) is 2. The number of fused-ring (bicyclic) bond motifs is 1. The summed E-state index contributed by atoms with van der Waals surface area (Å²) in [6.07, 6.45) is 4.12. The van der Waals surface area contributed by atoms with Gasteiger partial charge in [0.15, 0.2) is 0 Å². The highest BCUT2D eigenvalue weighted by molar-refractivity contribution is 7.99. The standard InChI is InChI=1S/C11H13N3S2/c1-4-15-5-2-8(1)14-11-10-9(3-6-16-10)12-7-13-11/h3,6-8H,1-2,4-5H2,(H,12,13,14). The van der Waals surface area contributed by atoms with E-state index in [9.17, 15) is 0 Å². The third kappa shape index (κ3) is 2.01. The van der Waals surface area contributed by atoms with Gasteiger partial charge in [-0.1, -0.05) is 0 Å². The van der Waals surface area contributed by atoms with Gasteiger partial charge in [-0.2, -0.15) is 11.8 Å². The molecule has 16 heavy (non-hydrogen) atoms.